The number of H-pyrrole nitrogens is 1. The molecule has 1 rings (SSSR count). The summed E-state index contributed by atoms with van der Waals surface area (Å²) in [4.78, 5) is 18.3. The summed E-state index contributed by atoms with van der Waals surface area (Å²) in [7, 11) is 0. The molecule has 3 N–H and O–H groups in total. The molecular formula is C11H20N4O. The number of hydrogen-bond acceptors (Lipinski definition) is 3. The molecule has 0 fully saturated rings. The van der Waals surface area contributed by atoms with Crippen LogP contribution in [-0.2, 0) is 11.3 Å². The predicted molar refractivity (Wildman–Crippen MR) is 62.8 cm³/mol. The highest BCUT2D eigenvalue weighted by Crippen LogP contribution is 1.90. The maximum absolute atomic E-state index is 11.2. The first-order chi connectivity index (χ1) is 7.70. The van der Waals surface area contributed by atoms with Gasteiger partial charge in [-0.25, -0.2) is 4.98 Å². The lowest BCUT2D eigenvalue weighted by atomic mass is 10.2. The van der Waals surface area contributed by atoms with E-state index in [1.54, 1.807) is 12.4 Å². The van der Waals surface area contributed by atoms with E-state index in [1.807, 2.05) is 13.8 Å². The number of aromatic nitrogens is 2. The van der Waals surface area contributed by atoms with Crippen molar-refractivity contribution in [2.45, 2.75) is 26.8 Å². The molecule has 0 aromatic carbocycles. The highest BCUT2D eigenvalue weighted by Gasteiger charge is 2.04. The Hall–Kier alpha value is -1.36. The van der Waals surface area contributed by atoms with Crippen molar-refractivity contribution < 1.29 is 4.79 Å². The van der Waals surface area contributed by atoms with Gasteiger partial charge in [0.15, 0.2) is 0 Å². The quantitative estimate of drug-likeness (QED) is 0.596. The maximum Gasteiger partial charge on any atom is 0.222 e. The minimum Gasteiger partial charge on any atom is -0.356 e. The second-order valence-corrected chi connectivity index (χ2v) is 4.01. The first-order valence-corrected chi connectivity index (χ1v) is 5.67. The average molecular weight is 224 g/mol. The van der Waals surface area contributed by atoms with Gasteiger partial charge < -0.3 is 15.6 Å². The minimum absolute atomic E-state index is 0.0658. The summed E-state index contributed by atoms with van der Waals surface area (Å²) in [6, 6.07) is 0. The highest BCUT2D eigenvalue weighted by molar-refractivity contribution is 5.77. The number of aromatic amines is 1. The molecule has 1 amide bonds. The zero-order valence-electron chi connectivity index (χ0n) is 9.92. The summed E-state index contributed by atoms with van der Waals surface area (Å²) < 4.78 is 0. The van der Waals surface area contributed by atoms with Gasteiger partial charge in [0.05, 0.1) is 6.54 Å². The van der Waals surface area contributed by atoms with Gasteiger partial charge in [-0.05, 0) is 13.0 Å². The third-order valence-electron chi connectivity index (χ3n) is 2.20. The molecule has 0 saturated heterocycles. The molecule has 0 aliphatic heterocycles. The number of rotatable bonds is 7. The lowest BCUT2D eigenvalue weighted by Gasteiger charge is -2.07. The second kappa shape index (κ2) is 7.00. The van der Waals surface area contributed by atoms with E-state index in [2.05, 4.69) is 20.6 Å². The Labute approximate surface area is 96.0 Å². The number of amides is 1. The molecule has 5 nitrogen and oxygen atoms in total. The molecule has 0 saturated carbocycles. The summed E-state index contributed by atoms with van der Waals surface area (Å²) >= 11 is 0. The average Bonchev–Trinajstić information content (AvgIpc) is 2.75. The van der Waals surface area contributed by atoms with Crippen LogP contribution in [0.25, 0.3) is 0 Å². The third kappa shape index (κ3) is 4.93. The molecule has 16 heavy (non-hydrogen) atoms. The Morgan fingerprint density at radius 1 is 1.50 bits per heavy atom. The largest absolute Gasteiger partial charge is 0.356 e. The van der Waals surface area contributed by atoms with Crippen molar-refractivity contribution in [1.29, 1.82) is 0 Å². The third-order valence-corrected chi connectivity index (χ3v) is 2.20. The standard InChI is InChI=1S/C11H20N4O/c1-9(2)11(16)15-5-3-4-12-8-10-13-6-7-14-10/h6-7,9,12H,3-5,8H2,1-2H3,(H,13,14)(H,15,16). The Bertz CT molecular complexity index is 295. The Morgan fingerprint density at radius 2 is 2.31 bits per heavy atom. The van der Waals surface area contributed by atoms with Crippen LogP contribution in [0, 0.1) is 5.92 Å². The van der Waals surface area contributed by atoms with Gasteiger partial charge in [0, 0.05) is 24.9 Å². The maximum atomic E-state index is 11.2. The van der Waals surface area contributed by atoms with Gasteiger partial charge >= 0.3 is 0 Å². The summed E-state index contributed by atoms with van der Waals surface area (Å²) in [5, 5.41) is 6.12. The molecule has 90 valence electrons. The zero-order chi connectivity index (χ0) is 11.8. The summed E-state index contributed by atoms with van der Waals surface area (Å²) in [6.07, 6.45) is 4.47. The van der Waals surface area contributed by atoms with Crippen LogP contribution in [0.5, 0.6) is 0 Å². The summed E-state index contributed by atoms with van der Waals surface area (Å²) in [5.41, 5.74) is 0. The van der Waals surface area contributed by atoms with E-state index in [0.29, 0.717) is 0 Å². The van der Waals surface area contributed by atoms with Crippen molar-refractivity contribution >= 4 is 5.91 Å². The highest BCUT2D eigenvalue weighted by atomic mass is 16.1. The van der Waals surface area contributed by atoms with Gasteiger partial charge in [0.2, 0.25) is 5.91 Å². The van der Waals surface area contributed by atoms with E-state index >= 15 is 0 Å². The van der Waals surface area contributed by atoms with Crippen molar-refractivity contribution in [1.82, 2.24) is 20.6 Å². The van der Waals surface area contributed by atoms with Crippen LogP contribution in [0.15, 0.2) is 12.4 Å². The van der Waals surface area contributed by atoms with Gasteiger partial charge in [-0.3, -0.25) is 4.79 Å². The van der Waals surface area contributed by atoms with Crippen LogP contribution in [-0.4, -0.2) is 29.0 Å². The predicted octanol–water partition coefficient (Wildman–Crippen LogP) is 0.662. The minimum atomic E-state index is 0.0658. The van der Waals surface area contributed by atoms with Crippen LogP contribution in [0.3, 0.4) is 0 Å². The van der Waals surface area contributed by atoms with Gasteiger partial charge in [-0.1, -0.05) is 13.8 Å². The molecule has 1 aromatic heterocycles. The molecule has 0 spiro atoms. The molecule has 0 bridgehead atoms. The van der Waals surface area contributed by atoms with Crippen molar-refractivity contribution in [3.05, 3.63) is 18.2 Å². The monoisotopic (exact) mass is 224 g/mol. The number of nitrogens with one attached hydrogen (secondary N) is 3. The number of carbonyl (C=O) groups is 1. The molecule has 1 aromatic rings. The van der Waals surface area contributed by atoms with E-state index in [1.165, 1.54) is 0 Å². The summed E-state index contributed by atoms with van der Waals surface area (Å²) in [6.45, 7) is 6.13. The lowest BCUT2D eigenvalue weighted by molar-refractivity contribution is -0.123. The van der Waals surface area contributed by atoms with Crippen LogP contribution in [0.4, 0.5) is 0 Å². The second-order valence-electron chi connectivity index (χ2n) is 4.01. The SMILES string of the molecule is CC(C)C(=O)NCCCNCc1ncc[nH]1. The fourth-order valence-corrected chi connectivity index (χ4v) is 1.23. The first-order valence-electron chi connectivity index (χ1n) is 5.67. The Balaban J connectivity index is 1.94. The first kappa shape index (κ1) is 12.7. The number of hydrogen-bond donors (Lipinski definition) is 3. The van der Waals surface area contributed by atoms with Gasteiger partial charge in [0.25, 0.3) is 0 Å². The Kier molecular flexibility index (Phi) is 5.56. The topological polar surface area (TPSA) is 69.8 Å². The van der Waals surface area contributed by atoms with Crippen LogP contribution >= 0.6 is 0 Å². The van der Waals surface area contributed by atoms with Crippen molar-refractivity contribution in [2.24, 2.45) is 5.92 Å². The molecule has 0 radical (unpaired) electrons. The normalized spacial score (nSPS) is 10.7. The molecule has 0 atom stereocenters. The molecule has 0 aliphatic carbocycles. The van der Waals surface area contributed by atoms with E-state index < -0.39 is 0 Å². The zero-order valence-corrected chi connectivity index (χ0v) is 9.92. The van der Waals surface area contributed by atoms with Crippen molar-refractivity contribution in [3.63, 3.8) is 0 Å². The van der Waals surface area contributed by atoms with Crippen LogP contribution < -0.4 is 10.6 Å². The molecule has 0 unspecified atom stereocenters. The van der Waals surface area contributed by atoms with Crippen LogP contribution in [0.2, 0.25) is 0 Å². The van der Waals surface area contributed by atoms with Gasteiger partial charge in [-0.2, -0.15) is 0 Å². The van der Waals surface area contributed by atoms with E-state index in [0.717, 1.165) is 31.9 Å². The number of carbonyl (C=O) groups excluding carboxylic acids is 1. The number of imidazole rings is 1. The molecule has 5 heteroatoms. The molecule has 0 aliphatic rings. The molecular weight excluding hydrogens is 204 g/mol. The van der Waals surface area contributed by atoms with E-state index in [4.69, 9.17) is 0 Å². The Morgan fingerprint density at radius 3 is 2.94 bits per heavy atom. The summed E-state index contributed by atoms with van der Waals surface area (Å²) in [5.74, 6) is 1.12. The van der Waals surface area contributed by atoms with Crippen LogP contribution in [0.1, 0.15) is 26.1 Å². The lowest BCUT2D eigenvalue weighted by Crippen LogP contribution is -2.30. The fourth-order valence-electron chi connectivity index (χ4n) is 1.23. The van der Waals surface area contributed by atoms with Crippen molar-refractivity contribution in [3.8, 4) is 0 Å². The smallest absolute Gasteiger partial charge is 0.222 e. The van der Waals surface area contributed by atoms with E-state index in [9.17, 15) is 4.79 Å². The number of nitrogens with zero attached hydrogens (tertiary/aromatic N) is 1. The van der Waals surface area contributed by atoms with E-state index in [-0.39, 0.29) is 11.8 Å². The molecule has 1 heterocycles. The van der Waals surface area contributed by atoms with Gasteiger partial charge in [-0.15, -0.1) is 0 Å². The fraction of sp³-hybridized carbons (Fsp3) is 0.636. The van der Waals surface area contributed by atoms with Crippen molar-refractivity contribution in [2.75, 3.05) is 13.1 Å². The van der Waals surface area contributed by atoms with Gasteiger partial charge in [0.1, 0.15) is 5.82 Å².